The molecule has 1 aliphatic carbocycles. The molecule has 0 aromatic carbocycles. The summed E-state index contributed by atoms with van der Waals surface area (Å²) < 4.78 is 7.48. The second-order valence-electron chi connectivity index (χ2n) is 6.41. The molecule has 1 aromatic rings. The van der Waals surface area contributed by atoms with E-state index in [4.69, 9.17) is 4.74 Å². The summed E-state index contributed by atoms with van der Waals surface area (Å²) in [7, 11) is 1.96. The van der Waals surface area contributed by atoms with Gasteiger partial charge in [0.25, 0.3) is 0 Å². The van der Waals surface area contributed by atoms with Crippen LogP contribution in [0.25, 0.3) is 0 Å². The van der Waals surface area contributed by atoms with Gasteiger partial charge in [-0.25, -0.2) is 0 Å². The molecule has 116 valence electrons. The molecule has 1 aliphatic heterocycles. The second-order valence-corrected chi connectivity index (χ2v) is 6.41. The smallest absolute Gasteiger partial charge is 0.249 e. The average molecular weight is 291 g/mol. The molecule has 0 spiro atoms. The molecule has 1 saturated heterocycles. The number of likely N-dealkylation sites (tertiary alicyclic amines) is 1. The quantitative estimate of drug-likeness (QED) is 0.835. The van der Waals surface area contributed by atoms with E-state index in [-0.39, 0.29) is 18.6 Å². The zero-order valence-corrected chi connectivity index (χ0v) is 13.3. The van der Waals surface area contributed by atoms with Gasteiger partial charge < -0.3 is 9.64 Å². The number of ether oxygens (including phenoxy) is 1. The van der Waals surface area contributed by atoms with Crippen LogP contribution >= 0.6 is 0 Å². The van der Waals surface area contributed by atoms with Crippen molar-refractivity contribution in [2.45, 2.75) is 45.6 Å². The Balaban J connectivity index is 1.67. The van der Waals surface area contributed by atoms with Crippen molar-refractivity contribution in [2.75, 3.05) is 19.8 Å². The molecule has 5 heteroatoms. The van der Waals surface area contributed by atoms with Crippen molar-refractivity contribution in [1.29, 1.82) is 0 Å². The molecule has 1 unspecified atom stereocenters. The molecular weight excluding hydrogens is 266 g/mol. The molecule has 1 atom stereocenters. The van der Waals surface area contributed by atoms with Gasteiger partial charge in [0, 0.05) is 24.8 Å². The largest absolute Gasteiger partial charge is 0.371 e. The Bertz CT molecular complexity index is 534. The Kier molecular flexibility index (Phi) is 4.02. The molecule has 21 heavy (non-hydrogen) atoms. The summed E-state index contributed by atoms with van der Waals surface area (Å²) in [6.45, 7) is 5.93. The minimum Gasteiger partial charge on any atom is -0.371 e. The fourth-order valence-electron chi connectivity index (χ4n) is 3.32. The minimum atomic E-state index is 0.126. The van der Waals surface area contributed by atoms with Crippen molar-refractivity contribution in [1.82, 2.24) is 14.7 Å². The number of hydrogen-bond donors (Lipinski definition) is 0. The standard InChI is InChI=1S/C16H25N3O2/c1-11-16(12(2)18(3)17-11)14-5-4-8-19(14)15(20)10-21-9-13-6-7-13/h13-14H,4-10H2,1-3H3. The van der Waals surface area contributed by atoms with Crippen LogP contribution in [-0.2, 0) is 16.6 Å². The van der Waals surface area contributed by atoms with Crippen LogP contribution in [0, 0.1) is 19.8 Å². The third-order valence-corrected chi connectivity index (χ3v) is 4.75. The van der Waals surface area contributed by atoms with Gasteiger partial charge in [-0.15, -0.1) is 0 Å². The first-order valence-corrected chi connectivity index (χ1v) is 7.95. The topological polar surface area (TPSA) is 47.4 Å². The summed E-state index contributed by atoms with van der Waals surface area (Å²) in [4.78, 5) is 14.4. The first kappa shape index (κ1) is 14.6. The number of aryl methyl sites for hydroxylation is 2. The lowest BCUT2D eigenvalue weighted by Gasteiger charge is -2.25. The Morgan fingerprint density at radius 2 is 2.10 bits per heavy atom. The summed E-state index contributed by atoms with van der Waals surface area (Å²) in [6, 6.07) is 0.177. The van der Waals surface area contributed by atoms with Crippen LogP contribution in [0.1, 0.15) is 48.7 Å². The van der Waals surface area contributed by atoms with Crippen molar-refractivity contribution in [3.05, 3.63) is 17.0 Å². The molecule has 2 fully saturated rings. The molecule has 0 bridgehead atoms. The summed E-state index contributed by atoms with van der Waals surface area (Å²) in [5, 5.41) is 4.49. The van der Waals surface area contributed by atoms with Crippen molar-refractivity contribution in [3.8, 4) is 0 Å². The van der Waals surface area contributed by atoms with E-state index in [1.807, 2.05) is 23.6 Å². The van der Waals surface area contributed by atoms with Crippen LogP contribution in [0.3, 0.4) is 0 Å². The van der Waals surface area contributed by atoms with Gasteiger partial charge >= 0.3 is 0 Å². The van der Waals surface area contributed by atoms with Crippen LogP contribution in [0.5, 0.6) is 0 Å². The van der Waals surface area contributed by atoms with E-state index in [1.165, 1.54) is 18.4 Å². The molecule has 1 amide bonds. The van der Waals surface area contributed by atoms with E-state index < -0.39 is 0 Å². The second kappa shape index (κ2) is 5.79. The number of rotatable bonds is 5. The number of nitrogens with zero attached hydrogens (tertiary/aromatic N) is 3. The van der Waals surface area contributed by atoms with Crippen LogP contribution in [0.4, 0.5) is 0 Å². The number of carbonyl (C=O) groups is 1. The Hall–Kier alpha value is -1.36. The van der Waals surface area contributed by atoms with Crippen molar-refractivity contribution in [2.24, 2.45) is 13.0 Å². The van der Waals surface area contributed by atoms with Crippen LogP contribution in [0.15, 0.2) is 0 Å². The minimum absolute atomic E-state index is 0.126. The zero-order chi connectivity index (χ0) is 15.0. The van der Waals surface area contributed by atoms with E-state index in [0.29, 0.717) is 5.92 Å². The predicted octanol–water partition coefficient (Wildman–Crippen LogP) is 2.13. The fraction of sp³-hybridized carbons (Fsp3) is 0.750. The average Bonchev–Trinajstić information content (AvgIpc) is 3.07. The van der Waals surface area contributed by atoms with E-state index in [0.717, 1.165) is 37.4 Å². The molecule has 0 radical (unpaired) electrons. The first-order chi connectivity index (χ1) is 10.1. The first-order valence-electron chi connectivity index (χ1n) is 7.95. The molecule has 2 aliphatic rings. The number of carbonyl (C=O) groups excluding carboxylic acids is 1. The van der Waals surface area contributed by atoms with Gasteiger partial charge in [0.2, 0.25) is 5.91 Å². The molecule has 5 nitrogen and oxygen atoms in total. The highest BCUT2D eigenvalue weighted by Gasteiger charge is 2.33. The number of aromatic nitrogens is 2. The highest BCUT2D eigenvalue weighted by atomic mass is 16.5. The molecular formula is C16H25N3O2. The summed E-state index contributed by atoms with van der Waals surface area (Å²) in [5.41, 5.74) is 3.43. The van der Waals surface area contributed by atoms with Gasteiger partial charge in [-0.3, -0.25) is 9.48 Å². The van der Waals surface area contributed by atoms with Gasteiger partial charge in [-0.05, 0) is 45.4 Å². The number of amides is 1. The Morgan fingerprint density at radius 1 is 1.33 bits per heavy atom. The van der Waals surface area contributed by atoms with Crippen LogP contribution in [-0.4, -0.2) is 40.3 Å². The van der Waals surface area contributed by atoms with Crippen molar-refractivity contribution < 1.29 is 9.53 Å². The van der Waals surface area contributed by atoms with Gasteiger partial charge in [0.1, 0.15) is 6.61 Å². The van der Waals surface area contributed by atoms with Gasteiger partial charge in [-0.1, -0.05) is 0 Å². The Morgan fingerprint density at radius 3 is 2.71 bits per heavy atom. The van der Waals surface area contributed by atoms with Crippen LogP contribution < -0.4 is 0 Å². The summed E-state index contributed by atoms with van der Waals surface area (Å²) in [5.74, 6) is 0.829. The van der Waals surface area contributed by atoms with E-state index in [2.05, 4.69) is 12.0 Å². The molecule has 1 aromatic heterocycles. The predicted molar refractivity (Wildman–Crippen MR) is 79.9 cm³/mol. The van der Waals surface area contributed by atoms with Gasteiger partial charge in [-0.2, -0.15) is 5.10 Å². The van der Waals surface area contributed by atoms with E-state index >= 15 is 0 Å². The molecule has 0 N–H and O–H groups in total. The highest BCUT2D eigenvalue weighted by Crippen LogP contribution is 2.35. The Labute approximate surface area is 126 Å². The summed E-state index contributed by atoms with van der Waals surface area (Å²) in [6.07, 6.45) is 4.61. The SMILES string of the molecule is Cc1nn(C)c(C)c1C1CCCN1C(=O)COCC1CC1. The number of hydrogen-bond acceptors (Lipinski definition) is 3. The maximum Gasteiger partial charge on any atom is 0.249 e. The van der Waals surface area contributed by atoms with Crippen molar-refractivity contribution in [3.63, 3.8) is 0 Å². The lowest BCUT2D eigenvalue weighted by atomic mass is 10.0. The monoisotopic (exact) mass is 291 g/mol. The zero-order valence-electron chi connectivity index (χ0n) is 13.3. The van der Waals surface area contributed by atoms with Gasteiger partial charge in [0.05, 0.1) is 18.3 Å². The third-order valence-electron chi connectivity index (χ3n) is 4.75. The highest BCUT2D eigenvalue weighted by molar-refractivity contribution is 5.78. The van der Waals surface area contributed by atoms with E-state index in [1.54, 1.807) is 0 Å². The fourth-order valence-corrected chi connectivity index (χ4v) is 3.32. The maximum atomic E-state index is 12.4. The molecule has 3 rings (SSSR count). The van der Waals surface area contributed by atoms with Gasteiger partial charge in [0.15, 0.2) is 0 Å². The lowest BCUT2D eigenvalue weighted by Crippen LogP contribution is -2.34. The normalized spacial score (nSPS) is 22.0. The summed E-state index contributed by atoms with van der Waals surface area (Å²) >= 11 is 0. The lowest BCUT2D eigenvalue weighted by molar-refractivity contribution is -0.137. The van der Waals surface area contributed by atoms with Crippen molar-refractivity contribution >= 4 is 5.91 Å². The third kappa shape index (κ3) is 2.98. The van der Waals surface area contributed by atoms with E-state index in [9.17, 15) is 4.79 Å². The maximum absolute atomic E-state index is 12.4. The molecule has 1 saturated carbocycles. The van der Waals surface area contributed by atoms with Crippen LogP contribution in [0.2, 0.25) is 0 Å². The molecule has 2 heterocycles.